The maximum Gasteiger partial charge on any atom is 0.326 e. The summed E-state index contributed by atoms with van der Waals surface area (Å²) in [6.07, 6.45) is 1.98. The lowest BCUT2D eigenvalue weighted by Crippen LogP contribution is -2.49. The maximum absolute atomic E-state index is 12.1. The molecule has 108 valence electrons. The first-order valence-electron chi connectivity index (χ1n) is 6.48. The van der Waals surface area contributed by atoms with Crippen molar-refractivity contribution in [3.8, 4) is 0 Å². The topological polar surface area (TPSA) is 90.0 Å². The Kier molecular flexibility index (Phi) is 5.59. The Morgan fingerprint density at radius 3 is 2.68 bits per heavy atom. The molecule has 1 fully saturated rings. The van der Waals surface area contributed by atoms with E-state index in [9.17, 15) is 14.4 Å². The van der Waals surface area contributed by atoms with E-state index < -0.39 is 18.0 Å². The summed E-state index contributed by atoms with van der Waals surface area (Å²) < 4.78 is 0. The predicted octanol–water partition coefficient (Wildman–Crippen LogP) is 0.113. The zero-order valence-corrected chi connectivity index (χ0v) is 11.4. The molecular weight excluding hydrogens is 250 g/mol. The third-order valence-corrected chi connectivity index (χ3v) is 3.06. The lowest BCUT2D eigenvalue weighted by atomic mass is 10.2. The monoisotopic (exact) mass is 271 g/mol. The van der Waals surface area contributed by atoms with Crippen LogP contribution < -0.4 is 5.32 Å². The minimum atomic E-state index is -0.991. The van der Waals surface area contributed by atoms with Gasteiger partial charge in [0.2, 0.25) is 5.91 Å². The number of carboxylic acids is 1. The molecule has 0 aliphatic carbocycles. The minimum Gasteiger partial charge on any atom is -0.480 e. The van der Waals surface area contributed by atoms with Crippen LogP contribution in [-0.4, -0.2) is 65.5 Å². The van der Waals surface area contributed by atoms with Gasteiger partial charge >= 0.3 is 12.0 Å². The van der Waals surface area contributed by atoms with E-state index in [0.29, 0.717) is 25.9 Å². The molecule has 1 heterocycles. The highest BCUT2D eigenvalue weighted by molar-refractivity contribution is 5.87. The second-order valence-electron chi connectivity index (χ2n) is 4.68. The molecular formula is C12H21N3O4. The maximum atomic E-state index is 12.1. The van der Waals surface area contributed by atoms with E-state index in [1.54, 1.807) is 0 Å². The van der Waals surface area contributed by atoms with E-state index in [0.717, 1.165) is 6.42 Å². The van der Waals surface area contributed by atoms with Gasteiger partial charge in [-0.15, -0.1) is 0 Å². The fraction of sp³-hybridized carbons (Fsp3) is 0.750. The fourth-order valence-corrected chi connectivity index (χ4v) is 2.08. The Bertz CT molecular complexity index is 359. The van der Waals surface area contributed by atoms with Crippen molar-refractivity contribution in [3.05, 3.63) is 0 Å². The van der Waals surface area contributed by atoms with Gasteiger partial charge in [-0.25, -0.2) is 9.59 Å². The van der Waals surface area contributed by atoms with Crippen LogP contribution in [0.2, 0.25) is 0 Å². The highest BCUT2D eigenvalue weighted by atomic mass is 16.4. The van der Waals surface area contributed by atoms with Gasteiger partial charge < -0.3 is 20.2 Å². The van der Waals surface area contributed by atoms with E-state index in [1.165, 1.54) is 16.8 Å². The molecule has 0 aromatic rings. The second kappa shape index (κ2) is 6.96. The van der Waals surface area contributed by atoms with Crippen molar-refractivity contribution in [2.75, 3.05) is 26.7 Å². The van der Waals surface area contributed by atoms with Gasteiger partial charge in [-0.3, -0.25) is 4.79 Å². The Balaban J connectivity index is 2.52. The zero-order valence-electron chi connectivity index (χ0n) is 11.4. The molecule has 0 radical (unpaired) electrons. The summed E-state index contributed by atoms with van der Waals surface area (Å²) in [6.45, 7) is 2.89. The zero-order chi connectivity index (χ0) is 14.4. The van der Waals surface area contributed by atoms with Crippen molar-refractivity contribution in [3.63, 3.8) is 0 Å². The predicted molar refractivity (Wildman–Crippen MR) is 68.7 cm³/mol. The molecule has 1 aliphatic rings. The molecule has 0 bridgehead atoms. The molecule has 7 heteroatoms. The van der Waals surface area contributed by atoms with Crippen molar-refractivity contribution in [2.24, 2.45) is 0 Å². The van der Waals surface area contributed by atoms with E-state index in [4.69, 9.17) is 5.11 Å². The number of rotatable bonds is 5. The van der Waals surface area contributed by atoms with Gasteiger partial charge in [-0.1, -0.05) is 6.92 Å². The number of likely N-dealkylation sites (tertiary alicyclic amines) is 1. The molecule has 19 heavy (non-hydrogen) atoms. The first kappa shape index (κ1) is 15.3. The molecule has 0 aromatic carbocycles. The number of carbonyl (C=O) groups is 3. The summed E-state index contributed by atoms with van der Waals surface area (Å²) in [5.74, 6) is -1.22. The highest BCUT2D eigenvalue weighted by Crippen LogP contribution is 2.18. The number of hydrogen-bond donors (Lipinski definition) is 2. The quantitative estimate of drug-likeness (QED) is 0.743. The Morgan fingerprint density at radius 2 is 2.11 bits per heavy atom. The van der Waals surface area contributed by atoms with Gasteiger partial charge in [-0.2, -0.15) is 0 Å². The van der Waals surface area contributed by atoms with E-state index in [1.807, 2.05) is 6.92 Å². The Hall–Kier alpha value is -1.79. The fourth-order valence-electron chi connectivity index (χ4n) is 2.08. The van der Waals surface area contributed by atoms with Crippen LogP contribution in [0.5, 0.6) is 0 Å². The van der Waals surface area contributed by atoms with E-state index in [2.05, 4.69) is 5.32 Å². The van der Waals surface area contributed by atoms with Crippen LogP contribution in [0.3, 0.4) is 0 Å². The van der Waals surface area contributed by atoms with Crippen LogP contribution >= 0.6 is 0 Å². The van der Waals surface area contributed by atoms with Crippen molar-refractivity contribution in [2.45, 2.75) is 32.2 Å². The molecule has 1 unspecified atom stereocenters. The minimum absolute atomic E-state index is 0.0539. The average molecular weight is 271 g/mol. The van der Waals surface area contributed by atoms with Gasteiger partial charge in [0.1, 0.15) is 12.6 Å². The summed E-state index contributed by atoms with van der Waals surface area (Å²) >= 11 is 0. The third-order valence-electron chi connectivity index (χ3n) is 3.06. The van der Waals surface area contributed by atoms with Crippen LogP contribution in [0.1, 0.15) is 26.2 Å². The van der Waals surface area contributed by atoms with Gasteiger partial charge in [0.15, 0.2) is 0 Å². The van der Waals surface area contributed by atoms with Crippen LogP contribution in [0.25, 0.3) is 0 Å². The molecule has 0 aromatic heterocycles. The number of carboxylic acid groups (broad SMARTS) is 1. The summed E-state index contributed by atoms with van der Waals surface area (Å²) in [5.41, 5.74) is 0. The second-order valence-corrected chi connectivity index (χ2v) is 4.68. The molecule has 1 saturated heterocycles. The van der Waals surface area contributed by atoms with Gasteiger partial charge in [0.05, 0.1) is 0 Å². The summed E-state index contributed by atoms with van der Waals surface area (Å²) in [7, 11) is 1.51. The molecule has 2 N–H and O–H groups in total. The van der Waals surface area contributed by atoms with Crippen molar-refractivity contribution in [1.29, 1.82) is 0 Å². The molecule has 1 rings (SSSR count). The van der Waals surface area contributed by atoms with Crippen molar-refractivity contribution in [1.82, 2.24) is 15.1 Å². The number of urea groups is 1. The standard InChI is InChI=1S/C12H21N3O4/c1-3-6-13-10(16)8-14(2)12(19)15-7-4-5-9(15)11(17)18/h9H,3-8H2,1-2H3,(H,13,16)(H,17,18). The summed E-state index contributed by atoms with van der Waals surface area (Å²) in [5, 5.41) is 11.7. The first-order valence-corrected chi connectivity index (χ1v) is 6.48. The lowest BCUT2D eigenvalue weighted by Gasteiger charge is -2.27. The summed E-state index contributed by atoms with van der Waals surface area (Å²) in [4.78, 5) is 37.2. The third kappa shape index (κ3) is 4.11. The van der Waals surface area contributed by atoms with Crippen LogP contribution in [0.4, 0.5) is 4.79 Å². The number of amides is 3. The van der Waals surface area contributed by atoms with Crippen LogP contribution in [0, 0.1) is 0 Å². The van der Waals surface area contributed by atoms with E-state index in [-0.39, 0.29) is 12.5 Å². The molecule has 1 atom stereocenters. The van der Waals surface area contributed by atoms with E-state index >= 15 is 0 Å². The molecule has 1 aliphatic heterocycles. The van der Waals surface area contributed by atoms with Gasteiger partial charge in [0.25, 0.3) is 0 Å². The number of carbonyl (C=O) groups excluding carboxylic acids is 2. The number of aliphatic carboxylic acids is 1. The summed E-state index contributed by atoms with van der Waals surface area (Å²) in [6, 6.07) is -1.18. The van der Waals surface area contributed by atoms with Crippen molar-refractivity contribution < 1.29 is 19.5 Å². The Morgan fingerprint density at radius 1 is 1.42 bits per heavy atom. The van der Waals surface area contributed by atoms with Crippen LogP contribution in [0.15, 0.2) is 0 Å². The number of nitrogens with one attached hydrogen (secondary N) is 1. The molecule has 0 saturated carbocycles. The highest BCUT2D eigenvalue weighted by Gasteiger charge is 2.35. The largest absolute Gasteiger partial charge is 0.480 e. The van der Waals surface area contributed by atoms with Crippen LogP contribution in [-0.2, 0) is 9.59 Å². The van der Waals surface area contributed by atoms with Gasteiger partial charge in [0, 0.05) is 20.1 Å². The molecule has 7 nitrogen and oxygen atoms in total. The SMILES string of the molecule is CCCNC(=O)CN(C)C(=O)N1CCCC1C(=O)O. The smallest absolute Gasteiger partial charge is 0.326 e. The number of likely N-dealkylation sites (N-methyl/N-ethyl adjacent to an activating group) is 1. The first-order chi connectivity index (χ1) is 8.97. The number of nitrogens with zero attached hydrogens (tertiary/aromatic N) is 2. The average Bonchev–Trinajstić information content (AvgIpc) is 2.84. The van der Waals surface area contributed by atoms with Gasteiger partial charge in [-0.05, 0) is 19.3 Å². The Labute approximate surface area is 112 Å². The molecule has 0 spiro atoms. The normalized spacial score (nSPS) is 18.2. The van der Waals surface area contributed by atoms with Crippen molar-refractivity contribution >= 4 is 17.9 Å². The number of hydrogen-bond acceptors (Lipinski definition) is 3. The lowest BCUT2D eigenvalue weighted by molar-refractivity contribution is -0.141. The molecule has 3 amide bonds.